The Morgan fingerprint density at radius 3 is 2.94 bits per heavy atom. The molecule has 164 valence electrons. The van der Waals surface area contributed by atoms with Gasteiger partial charge in [0.2, 0.25) is 0 Å². The van der Waals surface area contributed by atoms with Crippen molar-refractivity contribution in [1.82, 2.24) is 10.5 Å². The quantitative estimate of drug-likeness (QED) is 0.391. The first-order chi connectivity index (χ1) is 15.2. The molecule has 2 N–H and O–H groups in total. The minimum Gasteiger partial charge on any atom is -0.482 e. The number of ether oxygens (including phenoxy) is 1. The zero-order valence-corrected chi connectivity index (χ0v) is 18.0. The molecular weight excluding hydrogens is 392 g/mol. The van der Waals surface area contributed by atoms with Crippen molar-refractivity contribution in [2.45, 2.75) is 45.4 Å². The largest absolute Gasteiger partial charge is 0.482 e. The van der Waals surface area contributed by atoms with E-state index in [1.807, 2.05) is 30.5 Å². The molecule has 1 heterocycles. The maximum atomic E-state index is 10.9. The number of carboxylic acids is 1. The zero-order chi connectivity index (χ0) is 21.9. The maximum absolute atomic E-state index is 10.9. The van der Waals surface area contributed by atoms with Crippen LogP contribution in [0.3, 0.4) is 0 Å². The van der Waals surface area contributed by atoms with Crippen molar-refractivity contribution in [1.29, 1.82) is 0 Å². The Hall–Kier alpha value is -3.12. The molecule has 0 fully saturated rings. The van der Waals surface area contributed by atoms with E-state index in [2.05, 4.69) is 35.6 Å². The zero-order valence-electron chi connectivity index (χ0n) is 18.0. The van der Waals surface area contributed by atoms with E-state index in [0.29, 0.717) is 12.4 Å². The molecule has 0 bridgehead atoms. The number of nitrogens with one attached hydrogen (secondary N) is 1. The fraction of sp³-hybridized carbons (Fsp3) is 0.360. The smallest absolute Gasteiger partial charge is 0.341 e. The maximum Gasteiger partial charge on any atom is 0.341 e. The number of unbranched alkanes of at least 4 members (excludes halogenated alkanes) is 2. The van der Waals surface area contributed by atoms with Crippen LogP contribution >= 0.6 is 0 Å². The Kier molecular flexibility index (Phi) is 8.67. The molecule has 0 spiro atoms. The number of aromatic nitrogens is 1. The summed E-state index contributed by atoms with van der Waals surface area (Å²) in [5.41, 5.74) is 8.39. The lowest BCUT2D eigenvalue weighted by Crippen LogP contribution is -2.14. The molecule has 0 amide bonds. The van der Waals surface area contributed by atoms with Crippen LogP contribution in [0.15, 0.2) is 54.9 Å². The highest BCUT2D eigenvalue weighted by atomic mass is 16.6. The number of carbonyl (C=O) groups is 1. The van der Waals surface area contributed by atoms with Crippen molar-refractivity contribution in [2.24, 2.45) is 0 Å². The van der Waals surface area contributed by atoms with Crippen LogP contribution in [0.2, 0.25) is 0 Å². The number of aliphatic carboxylic acids is 1. The molecule has 2 aromatic rings. The number of fused-ring (bicyclic) bond motifs is 1. The second kappa shape index (κ2) is 11.9. The predicted molar refractivity (Wildman–Crippen MR) is 121 cm³/mol. The first kappa shape index (κ1) is 22.6. The van der Waals surface area contributed by atoms with Crippen molar-refractivity contribution < 1.29 is 19.5 Å². The van der Waals surface area contributed by atoms with Gasteiger partial charge in [-0.1, -0.05) is 37.6 Å². The van der Waals surface area contributed by atoms with Gasteiger partial charge in [0.25, 0.3) is 0 Å². The third kappa shape index (κ3) is 6.69. The number of hydrogen-bond donors (Lipinski definition) is 2. The van der Waals surface area contributed by atoms with Gasteiger partial charge in [0, 0.05) is 23.5 Å². The Labute approximate surface area is 183 Å². The molecule has 1 aliphatic carbocycles. The van der Waals surface area contributed by atoms with Crippen LogP contribution in [-0.4, -0.2) is 29.3 Å². The highest BCUT2D eigenvalue weighted by Gasteiger charge is 2.18. The Morgan fingerprint density at radius 2 is 2.16 bits per heavy atom. The molecule has 0 aliphatic heterocycles. The lowest BCUT2D eigenvalue weighted by Gasteiger charge is -2.22. The minimum atomic E-state index is -0.972. The second-order valence-corrected chi connectivity index (χ2v) is 7.46. The average molecular weight is 423 g/mol. The van der Waals surface area contributed by atoms with E-state index in [1.54, 1.807) is 6.20 Å². The normalized spacial score (nSPS) is 14.9. The molecular formula is C25H30N2O4. The minimum absolute atomic E-state index is 0.329. The van der Waals surface area contributed by atoms with Gasteiger partial charge in [0.05, 0.1) is 12.3 Å². The Balaban J connectivity index is 1.65. The summed E-state index contributed by atoms with van der Waals surface area (Å²) in [5, 5.41) is 8.90. The number of benzene rings is 1. The predicted octanol–water partition coefficient (Wildman–Crippen LogP) is 5.02. The van der Waals surface area contributed by atoms with Gasteiger partial charge in [-0.2, -0.15) is 0 Å². The van der Waals surface area contributed by atoms with Gasteiger partial charge in [0.1, 0.15) is 5.75 Å². The van der Waals surface area contributed by atoms with Gasteiger partial charge in [-0.25, -0.2) is 4.79 Å². The summed E-state index contributed by atoms with van der Waals surface area (Å²) in [6, 6.07) is 9.73. The summed E-state index contributed by atoms with van der Waals surface area (Å²) in [5.74, 6) is -0.317. The highest BCUT2D eigenvalue weighted by Crippen LogP contribution is 2.36. The summed E-state index contributed by atoms with van der Waals surface area (Å²) < 4.78 is 5.48. The average Bonchev–Trinajstić information content (AvgIpc) is 2.80. The van der Waals surface area contributed by atoms with Crippen LogP contribution in [-0.2, 0) is 16.1 Å². The van der Waals surface area contributed by atoms with Crippen LogP contribution in [0.4, 0.5) is 0 Å². The summed E-state index contributed by atoms with van der Waals surface area (Å²) in [4.78, 5) is 20.8. The molecule has 1 aromatic heterocycles. The van der Waals surface area contributed by atoms with Crippen molar-refractivity contribution in [3.63, 3.8) is 0 Å². The van der Waals surface area contributed by atoms with E-state index in [9.17, 15) is 4.79 Å². The van der Waals surface area contributed by atoms with Crippen LogP contribution in [0.1, 0.15) is 55.7 Å². The van der Waals surface area contributed by atoms with E-state index in [4.69, 9.17) is 14.7 Å². The van der Waals surface area contributed by atoms with Gasteiger partial charge in [-0.15, -0.1) is 0 Å². The molecule has 0 radical (unpaired) electrons. The first-order valence-corrected chi connectivity index (χ1v) is 10.8. The second-order valence-electron chi connectivity index (χ2n) is 7.46. The summed E-state index contributed by atoms with van der Waals surface area (Å²) in [6.45, 7) is 2.26. The summed E-state index contributed by atoms with van der Waals surface area (Å²) >= 11 is 0. The molecule has 6 nitrogen and oxygen atoms in total. The highest BCUT2D eigenvalue weighted by molar-refractivity contribution is 5.73. The fourth-order valence-electron chi connectivity index (χ4n) is 3.65. The number of hydroxylamine groups is 1. The lowest BCUT2D eigenvalue weighted by molar-refractivity contribution is -0.139. The standard InChI is InChI=1S/C25H30N2O4/c1-2-3-4-12-23(20-9-7-15-26-17-20)27-31-16-14-19-8-5-11-22-21(19)10-6-13-24(22)30-18-25(28)29/h6-7,9-10,12-15,17,27H,2-5,8,11,16,18H2,1H3,(H,28,29). The van der Waals surface area contributed by atoms with Crippen LogP contribution in [0, 0.1) is 0 Å². The number of pyridine rings is 1. The van der Waals surface area contributed by atoms with Crippen LogP contribution in [0.25, 0.3) is 11.3 Å². The number of rotatable bonds is 11. The van der Waals surface area contributed by atoms with Crippen LogP contribution < -0.4 is 10.2 Å². The fourth-order valence-corrected chi connectivity index (χ4v) is 3.65. The monoisotopic (exact) mass is 422 g/mol. The third-order valence-electron chi connectivity index (χ3n) is 5.18. The van der Waals surface area contributed by atoms with Crippen LogP contribution in [0.5, 0.6) is 5.75 Å². The molecule has 1 aromatic carbocycles. The molecule has 6 heteroatoms. The van der Waals surface area contributed by atoms with Crippen molar-refractivity contribution >= 4 is 17.2 Å². The topological polar surface area (TPSA) is 80.7 Å². The third-order valence-corrected chi connectivity index (χ3v) is 5.18. The molecule has 0 saturated heterocycles. The first-order valence-electron chi connectivity index (χ1n) is 10.8. The van der Waals surface area contributed by atoms with E-state index in [1.165, 1.54) is 5.57 Å². The van der Waals surface area contributed by atoms with Gasteiger partial charge in [-0.3, -0.25) is 15.3 Å². The molecule has 31 heavy (non-hydrogen) atoms. The molecule has 0 atom stereocenters. The Bertz CT molecular complexity index is 922. The van der Waals surface area contributed by atoms with E-state index in [-0.39, 0.29) is 6.61 Å². The number of carboxylic acid groups (broad SMARTS) is 1. The van der Waals surface area contributed by atoms with Gasteiger partial charge < -0.3 is 9.84 Å². The van der Waals surface area contributed by atoms with E-state index < -0.39 is 5.97 Å². The van der Waals surface area contributed by atoms with Gasteiger partial charge >= 0.3 is 5.97 Å². The van der Waals surface area contributed by atoms with E-state index >= 15 is 0 Å². The molecule has 3 rings (SSSR count). The number of hydrogen-bond acceptors (Lipinski definition) is 5. The van der Waals surface area contributed by atoms with Crippen molar-refractivity contribution in [2.75, 3.05) is 13.2 Å². The lowest BCUT2D eigenvalue weighted by atomic mass is 9.86. The Morgan fingerprint density at radius 1 is 1.26 bits per heavy atom. The molecule has 1 aliphatic rings. The van der Waals surface area contributed by atoms with Crippen molar-refractivity contribution in [3.05, 3.63) is 71.6 Å². The van der Waals surface area contributed by atoms with Gasteiger partial charge in [-0.05, 0) is 61.4 Å². The molecule has 0 unspecified atom stereocenters. The molecule has 0 saturated carbocycles. The SMILES string of the molecule is CCCCC=C(NOCC=C1CCCc2c(OCC(=O)O)cccc21)c1cccnc1. The summed E-state index contributed by atoms with van der Waals surface area (Å²) in [7, 11) is 0. The number of allylic oxidation sites excluding steroid dienone is 2. The van der Waals surface area contributed by atoms with Gasteiger partial charge in [0.15, 0.2) is 6.61 Å². The number of nitrogens with zero attached hydrogens (tertiary/aromatic N) is 1. The summed E-state index contributed by atoms with van der Waals surface area (Å²) in [6.07, 6.45) is 13.9. The van der Waals surface area contributed by atoms with Crippen molar-refractivity contribution in [3.8, 4) is 5.75 Å². The van der Waals surface area contributed by atoms with E-state index in [0.717, 1.165) is 60.9 Å².